The molecular formula is C10H20IN2O4P. The predicted octanol–water partition coefficient (Wildman–Crippen LogP) is 1.45. The highest BCUT2D eigenvalue weighted by molar-refractivity contribution is 14.2. The number of halogens is 1. The number of carbonyl (C=O) groups excluding carboxylic acids is 1. The van der Waals surface area contributed by atoms with E-state index in [0.29, 0.717) is 26.1 Å². The number of ether oxygens (including phenoxy) is 2. The second kappa shape index (κ2) is 7.79. The number of carbonyl (C=O) groups is 1. The minimum Gasteiger partial charge on any atom is -0.465 e. The van der Waals surface area contributed by atoms with E-state index in [-0.39, 0.29) is 5.97 Å². The highest BCUT2D eigenvalue weighted by Gasteiger charge is 2.27. The van der Waals surface area contributed by atoms with Crippen LogP contribution in [0.2, 0.25) is 0 Å². The summed E-state index contributed by atoms with van der Waals surface area (Å²) in [6, 6.07) is -0.547. The maximum atomic E-state index is 12.4. The number of rotatable bonds is 6. The molecular weight excluding hydrogens is 370 g/mol. The molecule has 0 aromatic heterocycles. The Morgan fingerprint density at radius 1 is 1.56 bits per heavy atom. The Labute approximate surface area is 121 Å². The molecule has 0 aliphatic carbocycles. The summed E-state index contributed by atoms with van der Waals surface area (Å²) in [6.07, 6.45) is 0.445. The monoisotopic (exact) mass is 390 g/mol. The zero-order valence-corrected chi connectivity index (χ0v) is 13.8. The maximum absolute atomic E-state index is 12.4. The molecule has 1 rings (SSSR count). The van der Waals surface area contributed by atoms with Crippen molar-refractivity contribution in [3.63, 3.8) is 0 Å². The first-order chi connectivity index (χ1) is 8.44. The largest absolute Gasteiger partial charge is 0.465 e. The summed E-state index contributed by atoms with van der Waals surface area (Å²) in [6.45, 7) is 6.66. The smallest absolute Gasteiger partial charge is 0.323 e. The molecule has 1 N–H and O–H groups in total. The average molecular weight is 390 g/mol. The van der Waals surface area contributed by atoms with Crippen LogP contribution in [0, 0.1) is 0 Å². The van der Waals surface area contributed by atoms with E-state index in [9.17, 15) is 9.36 Å². The fourth-order valence-electron chi connectivity index (χ4n) is 1.65. The van der Waals surface area contributed by atoms with Crippen LogP contribution in [0.3, 0.4) is 0 Å². The Balaban J connectivity index is 2.42. The lowest BCUT2D eigenvalue weighted by molar-refractivity contribution is -0.144. The Morgan fingerprint density at radius 3 is 2.72 bits per heavy atom. The van der Waals surface area contributed by atoms with Crippen LogP contribution in [0.25, 0.3) is 0 Å². The molecule has 1 saturated heterocycles. The van der Waals surface area contributed by atoms with Gasteiger partial charge in [-0.1, -0.05) is 0 Å². The van der Waals surface area contributed by atoms with Gasteiger partial charge >= 0.3 is 5.97 Å². The van der Waals surface area contributed by atoms with E-state index in [0.717, 1.165) is 13.1 Å². The lowest BCUT2D eigenvalue weighted by Crippen LogP contribution is -2.39. The van der Waals surface area contributed by atoms with Gasteiger partial charge < -0.3 is 9.47 Å². The number of esters is 1. The van der Waals surface area contributed by atoms with Crippen LogP contribution in [0.5, 0.6) is 0 Å². The first-order valence-electron chi connectivity index (χ1n) is 5.98. The molecule has 0 saturated carbocycles. The van der Waals surface area contributed by atoms with Crippen LogP contribution in [0.1, 0.15) is 13.8 Å². The Kier molecular flexibility index (Phi) is 7.08. The molecule has 6 nitrogen and oxygen atoms in total. The predicted molar refractivity (Wildman–Crippen MR) is 78.1 cm³/mol. The van der Waals surface area contributed by atoms with E-state index in [1.165, 1.54) is 0 Å². The van der Waals surface area contributed by atoms with Gasteiger partial charge in [-0.2, -0.15) is 0 Å². The molecule has 0 bridgehead atoms. The van der Waals surface area contributed by atoms with Gasteiger partial charge in [-0.25, -0.2) is 5.09 Å². The molecule has 2 atom stereocenters. The molecule has 0 spiro atoms. The van der Waals surface area contributed by atoms with Crippen LogP contribution < -0.4 is 5.09 Å². The minimum atomic E-state index is -2.61. The molecule has 1 fully saturated rings. The third kappa shape index (κ3) is 5.97. The van der Waals surface area contributed by atoms with Crippen molar-refractivity contribution in [3.05, 3.63) is 0 Å². The van der Waals surface area contributed by atoms with Crippen LogP contribution >= 0.6 is 27.0 Å². The maximum Gasteiger partial charge on any atom is 0.323 e. The summed E-state index contributed by atoms with van der Waals surface area (Å²) in [5.74, 6) is -0.364. The molecule has 2 unspecified atom stereocenters. The summed E-state index contributed by atoms with van der Waals surface area (Å²) in [5.41, 5.74) is 0. The highest BCUT2D eigenvalue weighted by Crippen LogP contribution is 2.51. The first-order valence-corrected chi connectivity index (χ1v) is 10.7. The summed E-state index contributed by atoms with van der Waals surface area (Å²) in [7, 11) is 0. The van der Waals surface area contributed by atoms with Gasteiger partial charge in [-0.15, -0.1) is 0 Å². The number of hydrogen-bond donors (Lipinski definition) is 1. The van der Waals surface area contributed by atoms with Crippen molar-refractivity contribution in [2.75, 3.05) is 39.2 Å². The van der Waals surface area contributed by atoms with Crippen molar-refractivity contribution >= 4 is 32.9 Å². The summed E-state index contributed by atoms with van der Waals surface area (Å²) in [5, 5.41) is 2.87. The fourth-order valence-corrected chi connectivity index (χ4v) is 5.76. The highest BCUT2D eigenvalue weighted by atomic mass is 127. The Bertz CT molecular complexity index is 323. The van der Waals surface area contributed by atoms with Crippen molar-refractivity contribution in [2.24, 2.45) is 0 Å². The van der Waals surface area contributed by atoms with Crippen LogP contribution in [-0.4, -0.2) is 56.1 Å². The summed E-state index contributed by atoms with van der Waals surface area (Å²) < 4.78 is 22.5. The number of hydrogen-bond acceptors (Lipinski definition) is 5. The van der Waals surface area contributed by atoms with Gasteiger partial charge in [0, 0.05) is 35.1 Å². The van der Waals surface area contributed by atoms with Crippen LogP contribution in [0.15, 0.2) is 0 Å². The number of nitrogens with zero attached hydrogens (tertiary/aromatic N) is 1. The van der Waals surface area contributed by atoms with E-state index in [1.807, 2.05) is 22.0 Å². The molecule has 106 valence electrons. The van der Waals surface area contributed by atoms with E-state index in [4.69, 9.17) is 9.47 Å². The zero-order chi connectivity index (χ0) is 13.6. The van der Waals surface area contributed by atoms with E-state index in [1.54, 1.807) is 13.8 Å². The average Bonchev–Trinajstić information content (AvgIpc) is 2.29. The molecule has 0 aromatic carbocycles. The summed E-state index contributed by atoms with van der Waals surface area (Å²) >= 11 is 1.91. The van der Waals surface area contributed by atoms with E-state index >= 15 is 0 Å². The van der Waals surface area contributed by atoms with Gasteiger partial charge in [0.2, 0.25) is 4.94 Å². The topological polar surface area (TPSA) is 67.9 Å². The lowest BCUT2D eigenvalue weighted by Gasteiger charge is -2.29. The first kappa shape index (κ1) is 16.4. The molecule has 0 aromatic rings. The van der Waals surface area contributed by atoms with Gasteiger partial charge in [-0.05, 0) is 13.8 Å². The van der Waals surface area contributed by atoms with Crippen LogP contribution in [-0.2, 0) is 18.8 Å². The molecule has 0 amide bonds. The number of morpholine rings is 1. The second-order valence-corrected chi connectivity index (χ2v) is 10.6. The molecule has 1 heterocycles. The number of nitrogens with one attached hydrogen (secondary N) is 1. The summed E-state index contributed by atoms with van der Waals surface area (Å²) in [4.78, 5) is 10.9. The Hall–Kier alpha value is 0.310. The van der Waals surface area contributed by atoms with Crippen molar-refractivity contribution in [1.29, 1.82) is 0 Å². The van der Waals surface area contributed by atoms with Crippen LogP contribution in [0.4, 0.5) is 0 Å². The zero-order valence-electron chi connectivity index (χ0n) is 10.7. The SMILES string of the molecule is CCOC(=O)C(C)NP(=O)(I)CN1CCOCC1. The molecule has 0 radical (unpaired) electrons. The van der Waals surface area contributed by atoms with Crippen molar-refractivity contribution in [2.45, 2.75) is 19.9 Å². The second-order valence-electron chi connectivity index (χ2n) is 4.13. The Morgan fingerprint density at radius 2 is 2.17 bits per heavy atom. The molecule has 1 aliphatic heterocycles. The van der Waals surface area contributed by atoms with Gasteiger partial charge in [-0.3, -0.25) is 14.3 Å². The molecule has 18 heavy (non-hydrogen) atoms. The minimum absolute atomic E-state index is 0.333. The van der Waals surface area contributed by atoms with Crippen molar-refractivity contribution in [3.8, 4) is 0 Å². The lowest BCUT2D eigenvalue weighted by atomic mass is 10.4. The van der Waals surface area contributed by atoms with Crippen molar-refractivity contribution < 1.29 is 18.8 Å². The quantitative estimate of drug-likeness (QED) is 0.421. The van der Waals surface area contributed by atoms with E-state index in [2.05, 4.69) is 9.99 Å². The molecule has 8 heteroatoms. The normalized spacial score (nSPS) is 22.2. The van der Waals surface area contributed by atoms with Gasteiger partial charge in [0.05, 0.1) is 26.1 Å². The third-order valence-corrected chi connectivity index (χ3v) is 5.80. The van der Waals surface area contributed by atoms with Crippen molar-refractivity contribution in [1.82, 2.24) is 9.99 Å². The third-order valence-electron chi connectivity index (χ3n) is 2.51. The molecule has 1 aliphatic rings. The van der Waals surface area contributed by atoms with Gasteiger partial charge in [0.25, 0.3) is 0 Å². The van der Waals surface area contributed by atoms with Gasteiger partial charge in [0.15, 0.2) is 0 Å². The standard InChI is InChI=1S/C10H20IN2O4P/c1-3-17-10(14)9(2)12-18(11,15)8-13-4-6-16-7-5-13/h9H,3-8H2,1-2H3,(H,12,15). The van der Waals surface area contributed by atoms with Gasteiger partial charge in [0.1, 0.15) is 6.04 Å². The van der Waals surface area contributed by atoms with E-state index < -0.39 is 11.0 Å². The fraction of sp³-hybridized carbons (Fsp3) is 0.900.